The SMILES string of the molecule is C#Cc1ccc([C@@H]2C=C(C(=O)N3CCCCC3)O[C@H](OCCN(CCO)S(=O)(=O)c3ccc(OC)cc3)C2)cc1. The summed E-state index contributed by atoms with van der Waals surface area (Å²) in [5, 5.41) is 9.54. The van der Waals surface area contributed by atoms with Gasteiger partial charge >= 0.3 is 0 Å². The largest absolute Gasteiger partial charge is 0.497 e. The van der Waals surface area contributed by atoms with Crippen LogP contribution in [0.1, 0.15) is 42.7 Å². The second-order valence-electron chi connectivity index (χ2n) is 9.71. The molecule has 2 atom stereocenters. The molecular weight excluding hydrogens is 532 g/mol. The van der Waals surface area contributed by atoms with Crippen molar-refractivity contribution in [2.75, 3.05) is 46.5 Å². The molecule has 10 heteroatoms. The molecule has 0 saturated carbocycles. The van der Waals surface area contributed by atoms with Crippen molar-refractivity contribution in [2.24, 2.45) is 0 Å². The van der Waals surface area contributed by atoms with Gasteiger partial charge in [-0.1, -0.05) is 18.1 Å². The number of allylic oxidation sites excluding steroid dienone is 1. The van der Waals surface area contributed by atoms with Crippen molar-refractivity contribution in [1.82, 2.24) is 9.21 Å². The molecule has 1 saturated heterocycles. The maximum Gasteiger partial charge on any atom is 0.288 e. The number of sulfonamides is 1. The van der Waals surface area contributed by atoms with E-state index in [1.54, 1.807) is 17.0 Å². The lowest BCUT2D eigenvalue weighted by Gasteiger charge is -2.33. The number of hydrogen-bond donors (Lipinski definition) is 1. The van der Waals surface area contributed by atoms with Gasteiger partial charge in [0.25, 0.3) is 5.91 Å². The van der Waals surface area contributed by atoms with Crippen molar-refractivity contribution in [2.45, 2.75) is 42.8 Å². The minimum Gasteiger partial charge on any atom is -0.497 e. The van der Waals surface area contributed by atoms with Gasteiger partial charge in [-0.15, -0.1) is 6.42 Å². The van der Waals surface area contributed by atoms with Gasteiger partial charge in [0.15, 0.2) is 5.76 Å². The maximum atomic E-state index is 13.3. The highest BCUT2D eigenvalue weighted by Gasteiger charge is 2.32. The third kappa shape index (κ3) is 7.23. The van der Waals surface area contributed by atoms with Crippen LogP contribution in [0.3, 0.4) is 0 Å². The second kappa shape index (κ2) is 13.8. The number of amides is 1. The Balaban J connectivity index is 1.47. The fourth-order valence-electron chi connectivity index (χ4n) is 4.87. The van der Waals surface area contributed by atoms with Crippen molar-refractivity contribution in [3.8, 4) is 18.1 Å². The van der Waals surface area contributed by atoms with Crippen LogP contribution in [0.5, 0.6) is 5.75 Å². The molecule has 2 aliphatic rings. The van der Waals surface area contributed by atoms with E-state index in [1.165, 1.54) is 23.5 Å². The molecule has 0 aliphatic carbocycles. The minimum absolute atomic E-state index is 0.00453. The van der Waals surface area contributed by atoms with Crippen LogP contribution in [-0.4, -0.2) is 81.4 Å². The molecule has 1 fully saturated rings. The molecule has 1 N–H and O–H groups in total. The molecule has 214 valence electrons. The van der Waals surface area contributed by atoms with Gasteiger partial charge in [0.1, 0.15) is 5.75 Å². The summed E-state index contributed by atoms with van der Waals surface area (Å²) in [5.41, 5.74) is 1.74. The van der Waals surface area contributed by atoms with Crippen LogP contribution in [-0.2, 0) is 24.3 Å². The zero-order valence-corrected chi connectivity index (χ0v) is 23.5. The molecule has 9 nitrogen and oxygen atoms in total. The number of nitrogens with zero attached hydrogens (tertiary/aromatic N) is 2. The molecule has 0 radical (unpaired) electrons. The zero-order chi connectivity index (χ0) is 28.5. The Morgan fingerprint density at radius 1 is 1.10 bits per heavy atom. The van der Waals surface area contributed by atoms with E-state index < -0.39 is 16.3 Å². The van der Waals surface area contributed by atoms with Crippen LogP contribution in [0.2, 0.25) is 0 Å². The molecule has 0 bridgehead atoms. The van der Waals surface area contributed by atoms with Gasteiger partial charge in [-0.3, -0.25) is 4.79 Å². The Hall–Kier alpha value is -3.36. The number of carbonyl (C=O) groups is 1. The first-order valence-electron chi connectivity index (χ1n) is 13.5. The van der Waals surface area contributed by atoms with Crippen molar-refractivity contribution < 1.29 is 32.5 Å². The van der Waals surface area contributed by atoms with E-state index >= 15 is 0 Å². The van der Waals surface area contributed by atoms with Crippen LogP contribution in [0.4, 0.5) is 0 Å². The first-order valence-corrected chi connectivity index (χ1v) is 14.9. The lowest BCUT2D eigenvalue weighted by Crippen LogP contribution is -2.40. The molecule has 40 heavy (non-hydrogen) atoms. The number of methoxy groups -OCH3 is 1. The average molecular weight is 569 g/mol. The Kier molecular flexibility index (Phi) is 10.2. The van der Waals surface area contributed by atoms with Gasteiger partial charge in [0, 0.05) is 44.1 Å². The topological polar surface area (TPSA) is 106 Å². The van der Waals surface area contributed by atoms with Crippen molar-refractivity contribution in [1.29, 1.82) is 0 Å². The predicted octanol–water partition coefficient (Wildman–Crippen LogP) is 3.10. The number of benzene rings is 2. The number of rotatable bonds is 11. The monoisotopic (exact) mass is 568 g/mol. The number of carbonyl (C=O) groups excluding carboxylic acids is 1. The summed E-state index contributed by atoms with van der Waals surface area (Å²) in [4.78, 5) is 15.2. The van der Waals surface area contributed by atoms with Gasteiger partial charge in [-0.2, -0.15) is 4.31 Å². The van der Waals surface area contributed by atoms with Crippen molar-refractivity contribution in [3.63, 3.8) is 0 Å². The van der Waals surface area contributed by atoms with Crippen LogP contribution in [0, 0.1) is 12.3 Å². The molecule has 0 spiro atoms. The number of likely N-dealkylation sites (tertiary alicyclic amines) is 1. The fourth-order valence-corrected chi connectivity index (χ4v) is 6.28. The van der Waals surface area contributed by atoms with Gasteiger partial charge in [-0.25, -0.2) is 8.42 Å². The first kappa shape index (κ1) is 29.6. The molecule has 4 rings (SSSR count). The maximum absolute atomic E-state index is 13.3. The van der Waals surface area contributed by atoms with E-state index in [0.717, 1.165) is 30.4 Å². The Labute approximate surface area is 236 Å². The summed E-state index contributed by atoms with van der Waals surface area (Å²) in [7, 11) is -2.38. The normalized spacial score (nSPS) is 19.4. The summed E-state index contributed by atoms with van der Waals surface area (Å²) < 4.78 is 44.8. The minimum atomic E-state index is -3.88. The summed E-state index contributed by atoms with van der Waals surface area (Å²) >= 11 is 0. The van der Waals surface area contributed by atoms with E-state index in [0.29, 0.717) is 25.3 Å². The Morgan fingerprint density at radius 3 is 2.42 bits per heavy atom. The molecular formula is C30H36N2O7S. The van der Waals surface area contributed by atoms with Crippen LogP contribution < -0.4 is 4.74 Å². The van der Waals surface area contributed by atoms with Crippen LogP contribution in [0.15, 0.2) is 65.3 Å². The standard InChI is InChI=1S/C30H36N2O7S/c1-3-23-7-9-24(10-8-23)25-21-28(30(34)31-15-5-4-6-16-31)39-29(22-25)38-20-18-32(17-19-33)40(35,36)27-13-11-26(37-2)12-14-27/h1,7-14,21,25,29,33H,4-6,15-20,22H2,2H3/t25-,29+/m1/s1. The Morgan fingerprint density at radius 2 is 1.80 bits per heavy atom. The summed E-state index contributed by atoms with van der Waals surface area (Å²) in [6.07, 6.45) is 10.0. The highest BCUT2D eigenvalue weighted by atomic mass is 32.2. The highest BCUT2D eigenvalue weighted by Crippen LogP contribution is 2.33. The molecule has 2 aromatic carbocycles. The average Bonchev–Trinajstić information content (AvgIpc) is 3.00. The number of piperidine rings is 1. The number of terminal acetylenes is 1. The third-order valence-corrected chi connectivity index (χ3v) is 9.02. The van der Waals surface area contributed by atoms with Gasteiger partial charge in [0.2, 0.25) is 16.3 Å². The number of ether oxygens (including phenoxy) is 3. The third-order valence-electron chi connectivity index (χ3n) is 7.11. The molecule has 2 aromatic rings. The number of hydrogen-bond acceptors (Lipinski definition) is 7. The van der Waals surface area contributed by atoms with E-state index in [4.69, 9.17) is 20.6 Å². The van der Waals surface area contributed by atoms with Crippen molar-refractivity contribution in [3.05, 3.63) is 71.5 Å². The zero-order valence-electron chi connectivity index (χ0n) is 22.7. The lowest BCUT2D eigenvalue weighted by atomic mass is 9.92. The fraction of sp³-hybridized carbons (Fsp3) is 0.433. The van der Waals surface area contributed by atoms with E-state index in [1.807, 2.05) is 30.3 Å². The van der Waals surface area contributed by atoms with E-state index in [9.17, 15) is 18.3 Å². The molecule has 1 amide bonds. The summed E-state index contributed by atoms with van der Waals surface area (Å²) in [6.45, 7) is 0.940. The van der Waals surface area contributed by atoms with Gasteiger partial charge < -0.3 is 24.2 Å². The Bertz CT molecular complexity index is 1310. The summed E-state index contributed by atoms with van der Waals surface area (Å²) in [6, 6.07) is 13.7. The number of aliphatic hydroxyl groups excluding tert-OH is 1. The lowest BCUT2D eigenvalue weighted by molar-refractivity contribution is -0.153. The van der Waals surface area contributed by atoms with Gasteiger partial charge in [0.05, 0.1) is 25.2 Å². The molecule has 0 aromatic heterocycles. The van der Waals surface area contributed by atoms with Crippen molar-refractivity contribution >= 4 is 15.9 Å². The first-order chi connectivity index (χ1) is 19.3. The van der Waals surface area contributed by atoms with E-state index in [-0.39, 0.29) is 48.8 Å². The molecule has 0 unspecified atom stereocenters. The predicted molar refractivity (Wildman–Crippen MR) is 150 cm³/mol. The second-order valence-corrected chi connectivity index (χ2v) is 11.7. The number of aliphatic hydroxyl groups is 1. The van der Waals surface area contributed by atoms with Crippen LogP contribution in [0.25, 0.3) is 0 Å². The van der Waals surface area contributed by atoms with E-state index in [2.05, 4.69) is 5.92 Å². The van der Waals surface area contributed by atoms with Gasteiger partial charge in [-0.05, 0) is 67.3 Å². The van der Waals surface area contributed by atoms with Crippen LogP contribution >= 0.6 is 0 Å². The molecule has 2 heterocycles. The quantitative estimate of drug-likeness (QED) is 0.416. The highest BCUT2D eigenvalue weighted by molar-refractivity contribution is 7.89. The molecule has 2 aliphatic heterocycles. The smallest absolute Gasteiger partial charge is 0.288 e. The summed E-state index contributed by atoms with van der Waals surface area (Å²) in [5.74, 6) is 3.08.